The molecule has 1 N–H and O–H groups in total. The van der Waals surface area contributed by atoms with Crippen LogP contribution in [-0.2, 0) is 16.1 Å². The van der Waals surface area contributed by atoms with Crippen molar-refractivity contribution in [2.75, 3.05) is 44.1 Å². The zero-order valence-corrected chi connectivity index (χ0v) is 17.7. The summed E-state index contributed by atoms with van der Waals surface area (Å²) >= 11 is 1.42. The Morgan fingerprint density at radius 2 is 1.80 bits per heavy atom. The second-order valence-electron chi connectivity index (χ2n) is 6.85. The smallest absolute Gasteiger partial charge is 0.230 e. The highest BCUT2D eigenvalue weighted by molar-refractivity contribution is 8.00. The molecule has 0 radical (unpaired) electrons. The van der Waals surface area contributed by atoms with E-state index < -0.39 is 0 Å². The van der Waals surface area contributed by atoms with Gasteiger partial charge in [-0.05, 0) is 29.8 Å². The van der Waals surface area contributed by atoms with Crippen molar-refractivity contribution in [1.82, 2.24) is 15.3 Å². The average molecular weight is 425 g/mol. The van der Waals surface area contributed by atoms with Gasteiger partial charge in [-0.25, -0.2) is 9.97 Å². The Kier molecular flexibility index (Phi) is 6.66. The van der Waals surface area contributed by atoms with E-state index in [1.807, 2.05) is 48.5 Å². The summed E-state index contributed by atoms with van der Waals surface area (Å²) in [5.41, 5.74) is 2.71. The Labute approximate surface area is 179 Å². The van der Waals surface area contributed by atoms with Crippen molar-refractivity contribution in [3.05, 3.63) is 54.1 Å². The molecule has 8 heteroatoms. The van der Waals surface area contributed by atoms with Gasteiger partial charge in [0, 0.05) is 19.6 Å². The summed E-state index contributed by atoms with van der Waals surface area (Å²) < 4.78 is 10.6. The van der Waals surface area contributed by atoms with Gasteiger partial charge in [0.1, 0.15) is 10.8 Å². The van der Waals surface area contributed by atoms with E-state index in [-0.39, 0.29) is 11.7 Å². The molecule has 1 aliphatic rings. The summed E-state index contributed by atoms with van der Waals surface area (Å²) in [4.78, 5) is 24.2. The third-order valence-corrected chi connectivity index (χ3v) is 5.77. The first-order valence-electron chi connectivity index (χ1n) is 9.85. The number of carbonyl (C=O) groups excluding carboxylic acids is 1. The number of nitrogens with one attached hydrogen (secondary N) is 1. The zero-order valence-electron chi connectivity index (χ0n) is 16.8. The van der Waals surface area contributed by atoms with Crippen LogP contribution < -0.4 is 15.0 Å². The molecule has 3 aromatic rings. The molecule has 2 aromatic carbocycles. The molecule has 0 bridgehead atoms. The zero-order chi connectivity index (χ0) is 20.8. The Bertz CT molecular complexity index is 1010. The summed E-state index contributed by atoms with van der Waals surface area (Å²) in [5.74, 6) is 1.86. The van der Waals surface area contributed by atoms with Gasteiger partial charge < -0.3 is 19.7 Å². The predicted octanol–water partition coefficient (Wildman–Crippen LogP) is 2.88. The maximum atomic E-state index is 12.4. The second-order valence-corrected chi connectivity index (χ2v) is 7.82. The first-order chi connectivity index (χ1) is 14.7. The number of nitrogens with zero attached hydrogens (tertiary/aromatic N) is 3. The molecule has 0 atom stereocenters. The van der Waals surface area contributed by atoms with Gasteiger partial charge >= 0.3 is 0 Å². The van der Waals surface area contributed by atoms with Crippen molar-refractivity contribution in [3.63, 3.8) is 0 Å². The number of fused-ring (bicyclic) bond motifs is 1. The lowest BCUT2D eigenvalue weighted by Crippen LogP contribution is -2.37. The van der Waals surface area contributed by atoms with Crippen molar-refractivity contribution in [1.29, 1.82) is 0 Å². The van der Waals surface area contributed by atoms with E-state index in [1.165, 1.54) is 11.8 Å². The van der Waals surface area contributed by atoms with Crippen LogP contribution in [-0.4, -0.2) is 55.0 Å². The van der Waals surface area contributed by atoms with Gasteiger partial charge in [0.05, 0.1) is 37.1 Å². The van der Waals surface area contributed by atoms with Crippen molar-refractivity contribution >= 4 is 34.5 Å². The highest BCUT2D eigenvalue weighted by Gasteiger charge is 2.19. The van der Waals surface area contributed by atoms with Crippen molar-refractivity contribution in [2.24, 2.45) is 0 Å². The van der Waals surface area contributed by atoms with Crippen LogP contribution in [0.2, 0.25) is 0 Å². The Morgan fingerprint density at radius 1 is 1.10 bits per heavy atom. The monoisotopic (exact) mass is 424 g/mol. The van der Waals surface area contributed by atoms with E-state index >= 15 is 0 Å². The van der Waals surface area contributed by atoms with Gasteiger partial charge in [-0.1, -0.05) is 36.0 Å². The van der Waals surface area contributed by atoms with Crippen molar-refractivity contribution in [3.8, 4) is 5.75 Å². The second kappa shape index (κ2) is 9.77. The lowest BCUT2D eigenvalue weighted by atomic mass is 10.2. The number of amides is 1. The van der Waals surface area contributed by atoms with Crippen LogP contribution in [0.1, 0.15) is 5.56 Å². The van der Waals surface area contributed by atoms with Crippen LogP contribution in [0.25, 0.3) is 11.0 Å². The Hall–Kier alpha value is -2.84. The molecule has 1 saturated heterocycles. The largest absolute Gasteiger partial charge is 0.497 e. The molecule has 1 aromatic heterocycles. The quantitative estimate of drug-likeness (QED) is 0.585. The van der Waals surface area contributed by atoms with Gasteiger partial charge in [-0.3, -0.25) is 4.79 Å². The fraction of sp³-hybridized carbons (Fsp3) is 0.318. The number of benzene rings is 2. The number of hydrogen-bond donors (Lipinski definition) is 1. The summed E-state index contributed by atoms with van der Waals surface area (Å²) in [5, 5.41) is 3.73. The van der Waals surface area contributed by atoms with E-state index in [4.69, 9.17) is 19.4 Å². The number of methoxy groups -OCH3 is 1. The standard InChI is InChI=1S/C22H24N4O3S/c1-28-17-8-6-16(7-9-17)14-23-20(27)15-30-22-21(26-10-12-29-13-11-26)24-18-4-2-3-5-19(18)25-22/h2-9H,10-15H2,1H3,(H,23,27). The number of hydrogen-bond acceptors (Lipinski definition) is 7. The number of anilines is 1. The number of morpholine rings is 1. The van der Waals surface area contributed by atoms with Crippen LogP contribution in [0.4, 0.5) is 5.82 Å². The molecule has 0 aliphatic carbocycles. The Morgan fingerprint density at radius 3 is 2.50 bits per heavy atom. The van der Waals surface area contributed by atoms with Gasteiger partial charge in [0.2, 0.25) is 5.91 Å². The number of carbonyl (C=O) groups is 1. The fourth-order valence-electron chi connectivity index (χ4n) is 3.18. The van der Waals surface area contributed by atoms with E-state index in [2.05, 4.69) is 10.2 Å². The van der Waals surface area contributed by atoms with Crippen LogP contribution >= 0.6 is 11.8 Å². The van der Waals surface area contributed by atoms with E-state index in [0.717, 1.165) is 46.3 Å². The van der Waals surface area contributed by atoms with Crippen LogP contribution in [0.3, 0.4) is 0 Å². The van der Waals surface area contributed by atoms with Crippen LogP contribution in [0, 0.1) is 0 Å². The van der Waals surface area contributed by atoms with Crippen molar-refractivity contribution in [2.45, 2.75) is 11.6 Å². The first kappa shape index (κ1) is 20.4. The van der Waals surface area contributed by atoms with E-state index in [0.29, 0.717) is 19.8 Å². The number of para-hydroxylation sites is 2. The number of ether oxygens (including phenoxy) is 2. The maximum absolute atomic E-state index is 12.4. The van der Waals surface area contributed by atoms with E-state index in [9.17, 15) is 4.79 Å². The minimum atomic E-state index is -0.0429. The Balaban J connectivity index is 1.43. The molecule has 30 heavy (non-hydrogen) atoms. The number of rotatable bonds is 7. The highest BCUT2D eigenvalue weighted by Crippen LogP contribution is 2.29. The summed E-state index contributed by atoms with van der Waals surface area (Å²) in [6.07, 6.45) is 0. The molecule has 7 nitrogen and oxygen atoms in total. The molecule has 1 amide bonds. The van der Waals surface area contributed by atoms with E-state index in [1.54, 1.807) is 7.11 Å². The first-order valence-corrected chi connectivity index (χ1v) is 10.8. The van der Waals surface area contributed by atoms with Gasteiger partial charge in [-0.2, -0.15) is 0 Å². The third kappa shape index (κ3) is 5.01. The molecule has 1 fully saturated rings. The molecule has 0 unspecified atom stereocenters. The molecular formula is C22H24N4O3S. The van der Waals surface area contributed by atoms with Gasteiger partial charge in [-0.15, -0.1) is 0 Å². The third-order valence-electron chi connectivity index (χ3n) is 4.82. The number of thioether (sulfide) groups is 1. The minimum absolute atomic E-state index is 0.0429. The van der Waals surface area contributed by atoms with Gasteiger partial charge in [0.25, 0.3) is 0 Å². The SMILES string of the molecule is COc1ccc(CNC(=O)CSc2nc3ccccc3nc2N2CCOCC2)cc1. The lowest BCUT2D eigenvalue weighted by Gasteiger charge is -2.29. The molecule has 0 saturated carbocycles. The topological polar surface area (TPSA) is 76.6 Å². The summed E-state index contributed by atoms with van der Waals surface area (Å²) in [6, 6.07) is 15.5. The normalized spacial score (nSPS) is 14.0. The highest BCUT2D eigenvalue weighted by atomic mass is 32.2. The number of aromatic nitrogens is 2. The predicted molar refractivity (Wildman–Crippen MR) is 118 cm³/mol. The van der Waals surface area contributed by atoms with Crippen molar-refractivity contribution < 1.29 is 14.3 Å². The molecule has 2 heterocycles. The average Bonchev–Trinajstić information content (AvgIpc) is 2.81. The van der Waals surface area contributed by atoms with Crippen LogP contribution in [0.5, 0.6) is 5.75 Å². The molecule has 0 spiro atoms. The lowest BCUT2D eigenvalue weighted by molar-refractivity contribution is -0.118. The minimum Gasteiger partial charge on any atom is -0.497 e. The summed E-state index contributed by atoms with van der Waals surface area (Å²) in [6.45, 7) is 3.35. The maximum Gasteiger partial charge on any atom is 0.230 e. The molecule has 156 valence electrons. The van der Waals surface area contributed by atoms with Gasteiger partial charge in [0.15, 0.2) is 5.82 Å². The summed E-state index contributed by atoms with van der Waals surface area (Å²) in [7, 11) is 1.63. The van der Waals surface area contributed by atoms with Crippen LogP contribution in [0.15, 0.2) is 53.6 Å². The fourth-order valence-corrected chi connectivity index (χ4v) is 4.02. The molecular weight excluding hydrogens is 400 g/mol. The molecule has 4 rings (SSSR count). The molecule has 1 aliphatic heterocycles.